The number of hydrogen-bond acceptors (Lipinski definition) is 4. The average Bonchev–Trinajstić information content (AvgIpc) is 3.47. The van der Waals surface area contributed by atoms with E-state index in [1.807, 2.05) is 24.3 Å². The molecule has 2 aliphatic carbocycles. The third-order valence-corrected chi connectivity index (χ3v) is 3.85. The van der Waals surface area contributed by atoms with E-state index >= 15 is 0 Å². The topological polar surface area (TPSA) is 40.5 Å². The number of phenols is 2. The second-order valence-corrected chi connectivity index (χ2v) is 6.41. The first-order chi connectivity index (χ1) is 13.7. The minimum absolute atomic E-state index is 0. The standard InChI is InChI=1S/2C6H5FOS.2C5H5.Zr/c2*7-9-6-3-1-2-5(8)4-6;2*1-2-4-5-3-1;/h2*1-4,8H;2*1-3H,4H2;/q;;2*-1;+2. The number of hydrogen-bond donors (Lipinski definition) is 2. The van der Waals surface area contributed by atoms with Gasteiger partial charge in [-0.3, -0.25) is 12.2 Å². The maximum atomic E-state index is 11.7. The molecule has 0 spiro atoms. The van der Waals surface area contributed by atoms with Crippen molar-refractivity contribution >= 4 is 24.3 Å². The maximum absolute atomic E-state index is 11.7. The van der Waals surface area contributed by atoms with Gasteiger partial charge in [-0.1, -0.05) is 12.1 Å². The Balaban J connectivity index is 0.000000369. The fraction of sp³-hybridized carbons (Fsp3) is 0.0909. The van der Waals surface area contributed by atoms with Gasteiger partial charge in [0, 0.05) is 9.79 Å². The molecule has 0 bridgehead atoms. The molecule has 0 amide bonds. The van der Waals surface area contributed by atoms with Gasteiger partial charge in [-0.05, 0) is 36.4 Å². The Morgan fingerprint density at radius 2 is 1.14 bits per heavy atom. The number of rotatable bonds is 2. The summed E-state index contributed by atoms with van der Waals surface area (Å²) in [6, 6.07) is 12.1. The van der Waals surface area contributed by atoms with Gasteiger partial charge in [0.25, 0.3) is 0 Å². The van der Waals surface area contributed by atoms with Crippen molar-refractivity contribution in [3.8, 4) is 11.5 Å². The van der Waals surface area contributed by atoms with E-state index in [-0.39, 0.29) is 62.0 Å². The van der Waals surface area contributed by atoms with Crippen molar-refractivity contribution < 1.29 is 44.2 Å². The van der Waals surface area contributed by atoms with Crippen LogP contribution in [0.5, 0.6) is 11.5 Å². The normalized spacial score (nSPS) is 11.9. The Morgan fingerprint density at radius 1 is 0.724 bits per heavy atom. The molecule has 2 nitrogen and oxygen atoms in total. The summed E-state index contributed by atoms with van der Waals surface area (Å²) in [4.78, 5) is 0.852. The zero-order chi connectivity index (χ0) is 20.5. The summed E-state index contributed by atoms with van der Waals surface area (Å²) in [6.07, 6.45) is 20.0. The van der Waals surface area contributed by atoms with Crippen LogP contribution in [0.15, 0.2) is 94.8 Å². The smallest absolute Gasteiger partial charge is 0.508 e. The third kappa shape index (κ3) is 15.0. The Labute approximate surface area is 198 Å². The predicted molar refractivity (Wildman–Crippen MR) is 113 cm³/mol. The first kappa shape index (κ1) is 27.4. The Bertz CT molecular complexity index is 721. The Morgan fingerprint density at radius 3 is 1.31 bits per heavy atom. The summed E-state index contributed by atoms with van der Waals surface area (Å²) in [6.45, 7) is 0. The van der Waals surface area contributed by atoms with Crippen LogP contribution in [-0.4, -0.2) is 10.2 Å². The number of halogens is 2. The molecule has 2 aliphatic rings. The van der Waals surface area contributed by atoms with Gasteiger partial charge in [0.15, 0.2) is 0 Å². The van der Waals surface area contributed by atoms with E-state index in [9.17, 15) is 7.77 Å². The number of aromatic hydroxyl groups is 2. The van der Waals surface area contributed by atoms with Gasteiger partial charge in [0.1, 0.15) is 11.5 Å². The van der Waals surface area contributed by atoms with E-state index in [1.165, 1.54) is 24.3 Å². The summed E-state index contributed by atoms with van der Waals surface area (Å²) < 4.78 is 23.4. The van der Waals surface area contributed by atoms with Crippen LogP contribution in [0.25, 0.3) is 0 Å². The van der Waals surface area contributed by atoms with Gasteiger partial charge >= 0.3 is 26.2 Å². The van der Waals surface area contributed by atoms with Gasteiger partial charge in [-0.25, -0.2) is 24.3 Å². The van der Waals surface area contributed by atoms with Crippen LogP contribution in [0.4, 0.5) is 7.77 Å². The molecular formula is C22H20F2O2S2Zr. The van der Waals surface area contributed by atoms with E-state index in [0.29, 0.717) is 9.79 Å². The van der Waals surface area contributed by atoms with Gasteiger partial charge in [0.05, 0.1) is 24.3 Å². The van der Waals surface area contributed by atoms with Gasteiger partial charge in [-0.15, -0.1) is 12.8 Å². The van der Waals surface area contributed by atoms with Crippen LogP contribution in [0, 0.1) is 12.2 Å². The van der Waals surface area contributed by atoms with Crippen LogP contribution < -0.4 is 0 Å². The van der Waals surface area contributed by atoms with Crippen molar-refractivity contribution in [1.82, 2.24) is 0 Å². The fourth-order valence-corrected chi connectivity index (χ4v) is 2.33. The monoisotopic (exact) mass is 508 g/mol. The molecule has 0 aromatic heterocycles. The van der Waals surface area contributed by atoms with Gasteiger partial charge in [-0.2, -0.15) is 19.9 Å². The molecule has 0 aliphatic heterocycles. The largest absolute Gasteiger partial charge is 2.00 e. The molecule has 0 unspecified atom stereocenters. The average molecular weight is 510 g/mol. The molecule has 150 valence electrons. The Kier molecular flexibility index (Phi) is 17.5. The molecule has 4 rings (SSSR count). The van der Waals surface area contributed by atoms with Crippen LogP contribution in [-0.2, 0) is 26.2 Å². The summed E-state index contributed by atoms with van der Waals surface area (Å²) in [5.41, 5.74) is 0. The van der Waals surface area contributed by atoms with E-state index in [0.717, 1.165) is 12.8 Å². The predicted octanol–water partition coefficient (Wildman–Crippen LogP) is 7.35. The van der Waals surface area contributed by atoms with Crippen molar-refractivity contribution in [2.45, 2.75) is 22.6 Å². The number of phenolic OH excluding ortho intramolecular Hbond substituents is 2. The van der Waals surface area contributed by atoms with E-state index < -0.39 is 0 Å². The molecule has 2 N–H and O–H groups in total. The molecule has 0 heterocycles. The molecular weight excluding hydrogens is 490 g/mol. The minimum Gasteiger partial charge on any atom is -0.508 e. The molecule has 0 saturated carbocycles. The first-order valence-corrected chi connectivity index (χ1v) is 9.67. The molecule has 7 heteroatoms. The third-order valence-electron chi connectivity index (χ3n) is 2.99. The molecule has 29 heavy (non-hydrogen) atoms. The summed E-state index contributed by atoms with van der Waals surface area (Å²) in [5.74, 6) is 0.190. The molecule has 0 saturated heterocycles. The van der Waals surface area contributed by atoms with Crippen molar-refractivity contribution in [2.75, 3.05) is 0 Å². The van der Waals surface area contributed by atoms with Crippen LogP contribution >= 0.6 is 24.3 Å². The fourth-order valence-electron chi connectivity index (χ4n) is 1.74. The van der Waals surface area contributed by atoms with Crippen LogP contribution in [0.3, 0.4) is 0 Å². The summed E-state index contributed by atoms with van der Waals surface area (Å²) in [7, 11) is 0. The molecule has 2 aromatic rings. The molecule has 0 atom stereocenters. The zero-order valence-electron chi connectivity index (χ0n) is 15.5. The van der Waals surface area contributed by atoms with Crippen molar-refractivity contribution in [1.29, 1.82) is 0 Å². The van der Waals surface area contributed by atoms with Gasteiger partial charge < -0.3 is 10.2 Å². The Hall–Kier alpha value is -1.56. The van der Waals surface area contributed by atoms with E-state index in [1.54, 1.807) is 24.3 Å². The maximum Gasteiger partial charge on any atom is 2.00 e. The second-order valence-electron chi connectivity index (χ2n) is 5.16. The second kappa shape index (κ2) is 18.5. The first-order valence-electron chi connectivity index (χ1n) is 8.24. The van der Waals surface area contributed by atoms with Crippen molar-refractivity contribution in [2.24, 2.45) is 0 Å². The molecule has 0 radical (unpaired) electrons. The van der Waals surface area contributed by atoms with Crippen LogP contribution in [0.2, 0.25) is 0 Å². The SMILES string of the molecule is Oc1cccc(SF)c1.Oc1cccc(SF)c1.[C-]1=CC=CC1.[C-]1=CC=CC1.[Zr+2]. The van der Waals surface area contributed by atoms with Crippen LogP contribution in [0.1, 0.15) is 12.8 Å². The van der Waals surface area contributed by atoms with E-state index in [4.69, 9.17) is 10.2 Å². The summed E-state index contributed by atoms with van der Waals surface area (Å²) in [5, 5.41) is 17.5. The van der Waals surface area contributed by atoms with Crippen molar-refractivity contribution in [3.05, 3.63) is 97.1 Å². The number of allylic oxidation sites excluding steroid dienone is 8. The van der Waals surface area contributed by atoms with Crippen molar-refractivity contribution in [3.63, 3.8) is 0 Å². The molecule has 2 aromatic carbocycles. The molecule has 0 fully saturated rings. The summed E-state index contributed by atoms with van der Waals surface area (Å²) >= 11 is 0.246. The van der Waals surface area contributed by atoms with E-state index in [2.05, 4.69) is 24.3 Å². The number of benzene rings is 2. The quantitative estimate of drug-likeness (QED) is 0.415. The minimum atomic E-state index is 0. The zero-order valence-corrected chi connectivity index (χ0v) is 19.6. The van der Waals surface area contributed by atoms with Gasteiger partial charge in [0.2, 0.25) is 0 Å².